The minimum Gasteiger partial charge on any atom is -0.466 e. The van der Waals surface area contributed by atoms with Crippen LogP contribution in [0, 0.1) is 29.6 Å². The smallest absolute Gasteiger partial charge is 0.160 e. The fourth-order valence-corrected chi connectivity index (χ4v) is 4.04. The summed E-state index contributed by atoms with van der Waals surface area (Å²) in [5.41, 5.74) is 0.707. The van der Waals surface area contributed by atoms with Crippen LogP contribution < -0.4 is 0 Å². The summed E-state index contributed by atoms with van der Waals surface area (Å²) in [5.74, 6) is 0.454. The maximum absolute atomic E-state index is 12.3. The van der Waals surface area contributed by atoms with Gasteiger partial charge in [0.05, 0.1) is 17.0 Å². The van der Waals surface area contributed by atoms with Crippen molar-refractivity contribution in [2.24, 2.45) is 5.92 Å². The molecule has 2 aliphatic rings. The Kier molecular flexibility index (Phi) is 3.27. The Morgan fingerprint density at radius 3 is 2.90 bits per heavy atom. The average molecular weight is 286 g/mol. The molecule has 0 spiro atoms. The number of ketones is 1. The fraction of sp³-hybridized carbons (Fsp3) is 0.400. The molecule has 0 saturated carbocycles. The van der Waals surface area contributed by atoms with Gasteiger partial charge in [-0.3, -0.25) is 10.2 Å². The summed E-state index contributed by atoms with van der Waals surface area (Å²) < 4.78 is 5.66. The second-order valence-corrected chi connectivity index (χ2v) is 6.25. The molecule has 4 nitrogen and oxygen atoms in total. The number of thioether (sulfide) groups is 1. The Bertz CT molecular complexity index is 666. The van der Waals surface area contributed by atoms with Crippen LogP contribution in [0.4, 0.5) is 0 Å². The molecule has 0 unspecified atom stereocenters. The number of allylic oxidation sites excluding steroid dienone is 2. The summed E-state index contributed by atoms with van der Waals surface area (Å²) in [4.78, 5) is 13.2. The third-order valence-electron chi connectivity index (χ3n) is 3.78. The second kappa shape index (κ2) is 4.95. The van der Waals surface area contributed by atoms with Crippen molar-refractivity contribution in [3.05, 3.63) is 34.1 Å². The molecule has 0 saturated heterocycles. The summed E-state index contributed by atoms with van der Waals surface area (Å²) in [6.45, 7) is 1.84. The molecule has 1 aromatic heterocycles. The lowest BCUT2D eigenvalue weighted by atomic mass is 9.79. The summed E-state index contributed by atoms with van der Waals surface area (Å²) in [7, 11) is 0. The van der Waals surface area contributed by atoms with Crippen LogP contribution in [0.5, 0.6) is 0 Å². The van der Waals surface area contributed by atoms with E-state index >= 15 is 0 Å². The monoisotopic (exact) mass is 286 g/mol. The first-order valence-electron chi connectivity index (χ1n) is 6.60. The van der Waals surface area contributed by atoms with Crippen molar-refractivity contribution in [1.29, 1.82) is 10.7 Å². The molecule has 0 amide bonds. The number of furan rings is 1. The number of hydrogen-bond donors (Lipinski definition) is 1. The van der Waals surface area contributed by atoms with E-state index < -0.39 is 11.8 Å². The van der Waals surface area contributed by atoms with Crippen LogP contribution in [0.2, 0.25) is 0 Å². The zero-order valence-corrected chi connectivity index (χ0v) is 11.9. The van der Waals surface area contributed by atoms with Gasteiger partial charge in [0.15, 0.2) is 5.78 Å². The first-order chi connectivity index (χ1) is 9.61. The first-order valence-corrected chi connectivity index (χ1v) is 7.42. The number of nitrogens with one attached hydrogen (secondary N) is 1. The van der Waals surface area contributed by atoms with Gasteiger partial charge < -0.3 is 4.42 Å². The quantitative estimate of drug-likeness (QED) is 0.856. The van der Waals surface area contributed by atoms with Crippen LogP contribution in [0.15, 0.2) is 27.0 Å². The minimum absolute atomic E-state index is 0.102. The molecule has 20 heavy (non-hydrogen) atoms. The molecule has 5 heteroatoms. The van der Waals surface area contributed by atoms with Crippen molar-refractivity contribution < 1.29 is 9.21 Å². The zero-order chi connectivity index (χ0) is 14.3. The van der Waals surface area contributed by atoms with Gasteiger partial charge in [-0.25, -0.2) is 0 Å². The number of nitriles is 1. The van der Waals surface area contributed by atoms with Gasteiger partial charge in [-0.2, -0.15) is 5.26 Å². The van der Waals surface area contributed by atoms with Crippen molar-refractivity contribution in [2.75, 3.05) is 0 Å². The van der Waals surface area contributed by atoms with Gasteiger partial charge in [0.1, 0.15) is 17.4 Å². The summed E-state index contributed by atoms with van der Waals surface area (Å²) >= 11 is 1.29. The lowest BCUT2D eigenvalue weighted by molar-refractivity contribution is -0.116. The Hall–Kier alpha value is -1.80. The molecular weight excluding hydrogens is 272 g/mol. The Balaban J connectivity index is 2.16. The highest BCUT2D eigenvalue weighted by Crippen LogP contribution is 2.48. The highest BCUT2D eigenvalue weighted by atomic mass is 32.2. The number of aryl methyl sites for hydroxylation is 1. The SMILES string of the molecule is Cc1ccc([C@H]2C3=C(CCCC3=O)SC(=N)[C@@H]2C#N)o1. The molecule has 1 aliphatic heterocycles. The highest BCUT2D eigenvalue weighted by molar-refractivity contribution is 8.17. The highest BCUT2D eigenvalue weighted by Gasteiger charge is 2.42. The predicted octanol–water partition coefficient (Wildman–Crippen LogP) is 3.54. The number of nitrogens with zero attached hydrogens (tertiary/aromatic N) is 1. The fourth-order valence-electron chi connectivity index (χ4n) is 2.86. The molecule has 102 valence electrons. The van der Waals surface area contributed by atoms with E-state index in [4.69, 9.17) is 9.83 Å². The average Bonchev–Trinajstić information content (AvgIpc) is 2.84. The molecule has 1 N–H and O–H groups in total. The van der Waals surface area contributed by atoms with Crippen LogP contribution >= 0.6 is 11.8 Å². The Morgan fingerprint density at radius 2 is 2.25 bits per heavy atom. The molecule has 0 bridgehead atoms. The largest absolute Gasteiger partial charge is 0.466 e. The molecule has 2 atom stereocenters. The number of rotatable bonds is 1. The number of Topliss-reactive ketones (excluding diaryl/α,β-unsaturated/α-hetero) is 1. The van der Waals surface area contributed by atoms with E-state index in [2.05, 4.69) is 6.07 Å². The molecule has 0 aromatic carbocycles. The molecule has 3 rings (SSSR count). The van der Waals surface area contributed by atoms with E-state index in [1.807, 2.05) is 19.1 Å². The summed E-state index contributed by atoms with van der Waals surface area (Å²) in [5, 5.41) is 17.8. The lowest BCUT2D eigenvalue weighted by Crippen LogP contribution is -2.30. The van der Waals surface area contributed by atoms with E-state index in [-0.39, 0.29) is 5.78 Å². The second-order valence-electron chi connectivity index (χ2n) is 5.11. The van der Waals surface area contributed by atoms with E-state index in [9.17, 15) is 10.1 Å². The topological polar surface area (TPSA) is 77.9 Å². The van der Waals surface area contributed by atoms with Crippen molar-refractivity contribution >= 4 is 22.6 Å². The maximum Gasteiger partial charge on any atom is 0.160 e. The van der Waals surface area contributed by atoms with Crippen LogP contribution in [-0.4, -0.2) is 10.8 Å². The molecule has 0 fully saturated rings. The minimum atomic E-state index is -0.619. The van der Waals surface area contributed by atoms with Crippen LogP contribution in [0.3, 0.4) is 0 Å². The predicted molar refractivity (Wildman–Crippen MR) is 76.5 cm³/mol. The normalized spacial score (nSPS) is 26.4. The Labute approximate surface area is 121 Å². The van der Waals surface area contributed by atoms with E-state index in [1.54, 1.807) is 0 Å². The van der Waals surface area contributed by atoms with Gasteiger partial charge in [-0.05, 0) is 36.8 Å². The van der Waals surface area contributed by atoms with Gasteiger partial charge in [0.25, 0.3) is 0 Å². The third-order valence-corrected chi connectivity index (χ3v) is 4.92. The first kappa shape index (κ1) is 13.2. The van der Waals surface area contributed by atoms with Crippen LogP contribution in [0.1, 0.15) is 36.7 Å². The van der Waals surface area contributed by atoms with E-state index in [0.29, 0.717) is 22.8 Å². The number of hydrogen-bond acceptors (Lipinski definition) is 5. The number of carbonyl (C=O) groups excluding carboxylic acids is 1. The third kappa shape index (κ3) is 2.01. The maximum atomic E-state index is 12.3. The lowest BCUT2D eigenvalue weighted by Gasteiger charge is -2.32. The Morgan fingerprint density at radius 1 is 1.45 bits per heavy atom. The standard InChI is InChI=1S/C15H14N2O2S/c1-8-5-6-11(19-8)13-9(7-16)15(17)20-12-4-2-3-10(18)14(12)13/h5-6,9,13,17H,2-4H2,1H3/t9-,13+/m1/s1. The van der Waals surface area contributed by atoms with Crippen molar-refractivity contribution in [3.63, 3.8) is 0 Å². The van der Waals surface area contributed by atoms with Gasteiger partial charge >= 0.3 is 0 Å². The molecular formula is C15H14N2O2S. The summed E-state index contributed by atoms with van der Waals surface area (Å²) in [6, 6.07) is 5.83. The van der Waals surface area contributed by atoms with E-state index in [0.717, 1.165) is 23.5 Å². The van der Waals surface area contributed by atoms with Crippen molar-refractivity contribution in [2.45, 2.75) is 32.1 Å². The van der Waals surface area contributed by atoms with Gasteiger partial charge in [0, 0.05) is 12.0 Å². The number of carbonyl (C=O) groups is 1. The zero-order valence-electron chi connectivity index (χ0n) is 11.1. The molecule has 1 aromatic rings. The van der Waals surface area contributed by atoms with Crippen LogP contribution in [0.25, 0.3) is 0 Å². The molecule has 1 aliphatic carbocycles. The van der Waals surface area contributed by atoms with E-state index in [1.165, 1.54) is 11.8 Å². The van der Waals surface area contributed by atoms with Crippen molar-refractivity contribution in [1.82, 2.24) is 0 Å². The van der Waals surface area contributed by atoms with Gasteiger partial charge in [-0.1, -0.05) is 11.8 Å². The van der Waals surface area contributed by atoms with Gasteiger partial charge in [0.2, 0.25) is 0 Å². The molecule has 2 heterocycles. The summed E-state index contributed by atoms with van der Waals surface area (Å²) in [6.07, 6.45) is 2.18. The molecule has 0 radical (unpaired) electrons. The van der Waals surface area contributed by atoms with Crippen LogP contribution in [-0.2, 0) is 4.79 Å². The van der Waals surface area contributed by atoms with Gasteiger partial charge in [-0.15, -0.1) is 0 Å². The van der Waals surface area contributed by atoms with Crippen molar-refractivity contribution in [3.8, 4) is 6.07 Å².